The molecule has 1 fully saturated rings. The minimum absolute atomic E-state index is 0.415. The van der Waals surface area contributed by atoms with Gasteiger partial charge in [0.2, 0.25) is 0 Å². The van der Waals surface area contributed by atoms with Gasteiger partial charge in [0, 0.05) is 29.3 Å². The van der Waals surface area contributed by atoms with Gasteiger partial charge in [0.05, 0.1) is 11.8 Å². The molecule has 0 amide bonds. The highest BCUT2D eigenvalue weighted by Crippen LogP contribution is 2.39. The van der Waals surface area contributed by atoms with Crippen LogP contribution in [0.25, 0.3) is 0 Å². The number of hydrogen-bond acceptors (Lipinski definition) is 4. The number of halogens is 1. The van der Waals surface area contributed by atoms with Gasteiger partial charge in [0.15, 0.2) is 11.5 Å². The molecule has 104 valence electrons. The molecule has 0 saturated heterocycles. The van der Waals surface area contributed by atoms with E-state index in [9.17, 15) is 0 Å². The van der Waals surface area contributed by atoms with Crippen molar-refractivity contribution in [3.8, 4) is 11.5 Å². The highest BCUT2D eigenvalue weighted by molar-refractivity contribution is 9.10. The van der Waals surface area contributed by atoms with Crippen molar-refractivity contribution in [1.29, 1.82) is 0 Å². The van der Waals surface area contributed by atoms with E-state index >= 15 is 0 Å². The Balaban J connectivity index is 1.65. The zero-order chi connectivity index (χ0) is 13.2. The van der Waals surface area contributed by atoms with Gasteiger partial charge in [-0.1, -0.05) is 0 Å². The van der Waals surface area contributed by atoms with Crippen LogP contribution in [0.3, 0.4) is 0 Å². The molecule has 1 aliphatic carbocycles. The molecule has 2 aliphatic rings. The Hall–Kier alpha value is -0.940. The average Bonchev–Trinajstić information content (AvgIpc) is 2.37. The van der Waals surface area contributed by atoms with Crippen LogP contribution in [0.5, 0.6) is 11.5 Å². The largest absolute Gasteiger partial charge is 0.486 e. The van der Waals surface area contributed by atoms with Crippen LogP contribution in [0.4, 0.5) is 5.69 Å². The van der Waals surface area contributed by atoms with E-state index in [1.165, 1.54) is 0 Å². The summed E-state index contributed by atoms with van der Waals surface area (Å²) in [5, 5.41) is 3.52. The van der Waals surface area contributed by atoms with E-state index in [1.807, 2.05) is 19.1 Å². The van der Waals surface area contributed by atoms with Crippen LogP contribution in [0.2, 0.25) is 0 Å². The lowest BCUT2D eigenvalue weighted by atomic mass is 9.89. The van der Waals surface area contributed by atoms with Gasteiger partial charge in [-0.3, -0.25) is 0 Å². The lowest BCUT2D eigenvalue weighted by Gasteiger charge is -2.36. The quantitative estimate of drug-likeness (QED) is 0.921. The number of anilines is 1. The lowest BCUT2D eigenvalue weighted by Crippen LogP contribution is -2.40. The molecule has 0 atom stereocenters. The van der Waals surface area contributed by atoms with Crippen molar-refractivity contribution in [2.75, 3.05) is 25.1 Å². The Kier molecular flexibility index (Phi) is 3.84. The molecule has 1 aromatic rings. The Bertz CT molecular complexity index is 460. The van der Waals surface area contributed by atoms with E-state index in [1.54, 1.807) is 0 Å². The number of hydrogen-bond donors (Lipinski definition) is 1. The summed E-state index contributed by atoms with van der Waals surface area (Å²) >= 11 is 3.57. The minimum Gasteiger partial charge on any atom is -0.486 e. The summed E-state index contributed by atoms with van der Waals surface area (Å²) in [7, 11) is 0. The van der Waals surface area contributed by atoms with Gasteiger partial charge < -0.3 is 19.5 Å². The van der Waals surface area contributed by atoms with Crippen LogP contribution in [0.1, 0.15) is 19.8 Å². The van der Waals surface area contributed by atoms with Gasteiger partial charge >= 0.3 is 0 Å². The van der Waals surface area contributed by atoms with E-state index < -0.39 is 0 Å². The average molecular weight is 328 g/mol. The van der Waals surface area contributed by atoms with Crippen molar-refractivity contribution in [3.63, 3.8) is 0 Å². The maximum Gasteiger partial charge on any atom is 0.163 e. The van der Waals surface area contributed by atoms with Gasteiger partial charge in [-0.15, -0.1) is 0 Å². The summed E-state index contributed by atoms with van der Waals surface area (Å²) < 4.78 is 17.7. The first-order valence-electron chi connectivity index (χ1n) is 6.73. The highest BCUT2D eigenvalue weighted by atomic mass is 79.9. The first-order valence-corrected chi connectivity index (χ1v) is 7.53. The minimum atomic E-state index is 0.415. The van der Waals surface area contributed by atoms with Gasteiger partial charge in [0.25, 0.3) is 0 Å². The Morgan fingerprint density at radius 2 is 1.95 bits per heavy atom. The molecule has 1 aliphatic heterocycles. The normalized spacial score (nSPS) is 24.7. The van der Waals surface area contributed by atoms with Crippen molar-refractivity contribution in [3.05, 3.63) is 16.6 Å². The number of ether oxygens (including phenoxy) is 3. The second kappa shape index (κ2) is 5.59. The van der Waals surface area contributed by atoms with Crippen molar-refractivity contribution < 1.29 is 14.2 Å². The summed E-state index contributed by atoms with van der Waals surface area (Å²) in [5.41, 5.74) is 1.06. The van der Waals surface area contributed by atoms with Crippen molar-refractivity contribution in [2.24, 2.45) is 0 Å². The molecule has 0 spiro atoms. The summed E-state index contributed by atoms with van der Waals surface area (Å²) in [6, 6.07) is 4.46. The van der Waals surface area contributed by atoms with Gasteiger partial charge in [-0.25, -0.2) is 0 Å². The third-order valence-electron chi connectivity index (χ3n) is 3.49. The third-order valence-corrected chi connectivity index (χ3v) is 4.14. The first-order chi connectivity index (χ1) is 9.26. The standard InChI is InChI=1S/C14H18BrNO3/c1-2-17-10-5-9(6-10)16-12-8-14-13(7-11(12)15)18-3-4-19-14/h7-10,16H,2-6H2,1H3. The maximum atomic E-state index is 5.60. The van der Waals surface area contributed by atoms with Crippen LogP contribution >= 0.6 is 15.9 Å². The predicted octanol–water partition coefficient (Wildman–Crippen LogP) is 3.20. The molecule has 3 rings (SSSR count). The van der Waals surface area contributed by atoms with E-state index in [4.69, 9.17) is 14.2 Å². The summed E-state index contributed by atoms with van der Waals surface area (Å²) in [4.78, 5) is 0. The molecule has 1 heterocycles. The van der Waals surface area contributed by atoms with Crippen LogP contribution < -0.4 is 14.8 Å². The van der Waals surface area contributed by atoms with Crippen molar-refractivity contribution >= 4 is 21.6 Å². The Labute approximate surface area is 121 Å². The second-order valence-electron chi connectivity index (χ2n) is 4.87. The number of benzene rings is 1. The summed E-state index contributed by atoms with van der Waals surface area (Å²) in [6.07, 6.45) is 2.54. The molecule has 1 N–H and O–H groups in total. The summed E-state index contributed by atoms with van der Waals surface area (Å²) in [5.74, 6) is 1.63. The molecule has 19 heavy (non-hydrogen) atoms. The van der Waals surface area contributed by atoms with Crippen molar-refractivity contribution in [2.45, 2.75) is 31.9 Å². The number of rotatable bonds is 4. The molecular weight excluding hydrogens is 310 g/mol. The van der Waals surface area contributed by atoms with Crippen LogP contribution in [-0.4, -0.2) is 32.0 Å². The molecule has 0 bridgehead atoms. The van der Waals surface area contributed by atoms with Crippen molar-refractivity contribution in [1.82, 2.24) is 0 Å². The number of fused-ring (bicyclic) bond motifs is 1. The van der Waals surface area contributed by atoms with Crippen LogP contribution in [0, 0.1) is 0 Å². The predicted molar refractivity (Wildman–Crippen MR) is 77.2 cm³/mol. The molecule has 1 saturated carbocycles. The molecule has 5 heteroatoms. The SMILES string of the molecule is CCOC1CC(Nc2cc3c(cc2Br)OCCO3)C1. The topological polar surface area (TPSA) is 39.7 Å². The maximum absolute atomic E-state index is 5.60. The smallest absolute Gasteiger partial charge is 0.163 e. The van der Waals surface area contributed by atoms with E-state index in [-0.39, 0.29) is 0 Å². The van der Waals surface area contributed by atoms with E-state index in [2.05, 4.69) is 21.2 Å². The Morgan fingerprint density at radius 3 is 2.63 bits per heavy atom. The molecule has 1 aromatic carbocycles. The Morgan fingerprint density at radius 1 is 1.26 bits per heavy atom. The first kappa shape index (κ1) is 13.1. The van der Waals surface area contributed by atoms with Gasteiger partial charge in [0.1, 0.15) is 13.2 Å². The fourth-order valence-corrected chi connectivity index (χ4v) is 2.89. The monoisotopic (exact) mass is 327 g/mol. The zero-order valence-electron chi connectivity index (χ0n) is 10.9. The number of nitrogens with one attached hydrogen (secondary N) is 1. The lowest BCUT2D eigenvalue weighted by molar-refractivity contribution is 0.00297. The molecule has 4 nitrogen and oxygen atoms in total. The van der Waals surface area contributed by atoms with E-state index in [0.717, 1.165) is 41.1 Å². The molecule has 0 aromatic heterocycles. The van der Waals surface area contributed by atoms with Crippen LogP contribution in [0.15, 0.2) is 16.6 Å². The molecule has 0 unspecified atom stereocenters. The third kappa shape index (κ3) is 2.82. The van der Waals surface area contributed by atoms with Crippen LogP contribution in [-0.2, 0) is 4.74 Å². The zero-order valence-corrected chi connectivity index (χ0v) is 12.5. The van der Waals surface area contributed by atoms with Gasteiger partial charge in [-0.2, -0.15) is 0 Å². The summed E-state index contributed by atoms with van der Waals surface area (Å²) in [6.45, 7) is 4.07. The van der Waals surface area contributed by atoms with E-state index in [0.29, 0.717) is 25.4 Å². The highest BCUT2D eigenvalue weighted by Gasteiger charge is 2.30. The second-order valence-corrected chi connectivity index (χ2v) is 5.72. The molecule has 0 radical (unpaired) electrons. The fraction of sp³-hybridized carbons (Fsp3) is 0.571. The fourth-order valence-electron chi connectivity index (χ4n) is 2.45. The molecular formula is C14H18BrNO3. The van der Waals surface area contributed by atoms with Gasteiger partial charge in [-0.05, 0) is 35.7 Å².